The van der Waals surface area contributed by atoms with E-state index in [1.807, 2.05) is 7.05 Å². The molecule has 0 aliphatic carbocycles. The van der Waals surface area contributed by atoms with Gasteiger partial charge in [0.1, 0.15) is 0 Å². The predicted octanol–water partition coefficient (Wildman–Crippen LogP) is 3.26. The zero-order valence-electron chi connectivity index (χ0n) is 13.0. The zero-order chi connectivity index (χ0) is 14.7. The number of piperidine rings is 1. The van der Waals surface area contributed by atoms with Crippen molar-refractivity contribution in [3.05, 3.63) is 28.2 Å². The number of nitrogens with one attached hydrogen (secondary N) is 1. The highest BCUT2D eigenvalue weighted by Gasteiger charge is 2.22. The van der Waals surface area contributed by atoms with Gasteiger partial charge >= 0.3 is 0 Å². The Kier molecular flexibility index (Phi) is 5.47. The molecule has 1 heterocycles. The van der Waals surface area contributed by atoms with Crippen LogP contribution in [0.1, 0.15) is 31.4 Å². The summed E-state index contributed by atoms with van der Waals surface area (Å²) in [5.41, 5.74) is 2.61. The molecule has 2 rings (SSSR count). The second-order valence-corrected chi connectivity index (χ2v) is 6.74. The highest BCUT2D eigenvalue weighted by molar-refractivity contribution is 9.10. The van der Waals surface area contributed by atoms with Gasteiger partial charge in [0.25, 0.3) is 0 Å². The maximum Gasteiger partial charge on any atom is 0.0511 e. The average molecular weight is 340 g/mol. The molecule has 1 aliphatic heterocycles. The van der Waals surface area contributed by atoms with Gasteiger partial charge in [-0.15, -0.1) is 0 Å². The summed E-state index contributed by atoms with van der Waals surface area (Å²) < 4.78 is 1.19. The summed E-state index contributed by atoms with van der Waals surface area (Å²) in [6, 6.07) is 7.69. The third-order valence-corrected chi connectivity index (χ3v) is 5.07. The van der Waals surface area contributed by atoms with E-state index in [1.54, 1.807) is 0 Å². The lowest BCUT2D eigenvalue weighted by atomic mass is 10.0. The maximum absolute atomic E-state index is 3.74. The van der Waals surface area contributed by atoms with Crippen LogP contribution >= 0.6 is 15.9 Å². The molecule has 20 heavy (non-hydrogen) atoms. The van der Waals surface area contributed by atoms with E-state index in [4.69, 9.17) is 0 Å². The molecular weight excluding hydrogens is 314 g/mol. The van der Waals surface area contributed by atoms with Crippen LogP contribution in [-0.4, -0.2) is 45.2 Å². The molecule has 1 fully saturated rings. The number of anilines is 1. The minimum absolute atomic E-state index is 0.381. The lowest BCUT2D eigenvalue weighted by molar-refractivity contribution is 0.248. The lowest BCUT2D eigenvalue weighted by Gasteiger charge is -2.37. The van der Waals surface area contributed by atoms with Crippen molar-refractivity contribution in [2.75, 3.05) is 39.1 Å². The Bertz CT molecular complexity index is 449. The molecule has 112 valence electrons. The van der Waals surface area contributed by atoms with E-state index in [1.165, 1.54) is 35.1 Å². The lowest BCUT2D eigenvalue weighted by Crippen LogP contribution is -2.45. The number of nitrogens with zero attached hydrogens (tertiary/aromatic N) is 2. The van der Waals surface area contributed by atoms with Crippen LogP contribution < -0.4 is 10.2 Å². The van der Waals surface area contributed by atoms with Gasteiger partial charge in [0.05, 0.1) is 5.69 Å². The van der Waals surface area contributed by atoms with Crippen LogP contribution in [0.15, 0.2) is 22.7 Å². The zero-order valence-corrected chi connectivity index (χ0v) is 14.6. The van der Waals surface area contributed by atoms with Crippen molar-refractivity contribution in [2.45, 2.75) is 31.8 Å². The Hall–Kier alpha value is -0.580. The normalized spacial score (nSPS) is 21.8. The van der Waals surface area contributed by atoms with Crippen molar-refractivity contribution in [1.82, 2.24) is 10.2 Å². The molecule has 4 heteroatoms. The number of likely N-dealkylation sites (tertiary alicyclic amines) is 1. The summed E-state index contributed by atoms with van der Waals surface area (Å²) in [4.78, 5) is 4.85. The summed E-state index contributed by atoms with van der Waals surface area (Å²) in [7, 11) is 6.42. The van der Waals surface area contributed by atoms with Gasteiger partial charge in [-0.3, -0.25) is 0 Å². The number of hydrogen-bond donors (Lipinski definition) is 1. The van der Waals surface area contributed by atoms with E-state index in [0.29, 0.717) is 12.1 Å². The Morgan fingerprint density at radius 1 is 1.45 bits per heavy atom. The highest BCUT2D eigenvalue weighted by atomic mass is 79.9. The minimum atomic E-state index is 0.381. The van der Waals surface area contributed by atoms with Gasteiger partial charge in [0, 0.05) is 30.1 Å². The van der Waals surface area contributed by atoms with Crippen molar-refractivity contribution < 1.29 is 0 Å². The molecule has 0 spiro atoms. The first-order valence-corrected chi connectivity index (χ1v) is 8.20. The van der Waals surface area contributed by atoms with E-state index in [2.05, 4.69) is 70.3 Å². The molecule has 1 aliphatic rings. The van der Waals surface area contributed by atoms with E-state index in [0.717, 1.165) is 6.54 Å². The van der Waals surface area contributed by atoms with Gasteiger partial charge in [0.2, 0.25) is 0 Å². The third kappa shape index (κ3) is 3.54. The topological polar surface area (TPSA) is 18.5 Å². The minimum Gasteiger partial charge on any atom is -0.369 e. The molecule has 1 aromatic carbocycles. The first-order valence-electron chi connectivity index (χ1n) is 7.41. The summed E-state index contributed by atoms with van der Waals surface area (Å²) in [5.74, 6) is 0. The molecular formula is C16H26BrN3. The molecule has 0 amide bonds. The Morgan fingerprint density at radius 2 is 2.20 bits per heavy atom. The fraction of sp³-hybridized carbons (Fsp3) is 0.625. The van der Waals surface area contributed by atoms with Crippen LogP contribution in [0.3, 0.4) is 0 Å². The van der Waals surface area contributed by atoms with Gasteiger partial charge in [0.15, 0.2) is 0 Å². The summed E-state index contributed by atoms with van der Waals surface area (Å²) >= 11 is 3.74. The van der Waals surface area contributed by atoms with E-state index >= 15 is 0 Å². The Balaban J connectivity index is 2.15. The summed E-state index contributed by atoms with van der Waals surface area (Å²) in [6.07, 6.45) is 2.57. The first-order chi connectivity index (χ1) is 9.52. The number of halogens is 1. The molecule has 0 saturated carbocycles. The van der Waals surface area contributed by atoms with Crippen LogP contribution in [-0.2, 0) is 0 Å². The number of hydrogen-bond acceptors (Lipinski definition) is 3. The molecule has 0 radical (unpaired) electrons. The number of benzene rings is 1. The first kappa shape index (κ1) is 15.8. The molecule has 2 atom stereocenters. The van der Waals surface area contributed by atoms with Crippen molar-refractivity contribution in [3.63, 3.8) is 0 Å². The summed E-state index contributed by atoms with van der Waals surface area (Å²) in [6.45, 7) is 4.56. The molecule has 1 aromatic rings. The molecule has 1 N–H and O–H groups in total. The van der Waals surface area contributed by atoms with Crippen LogP contribution in [0.2, 0.25) is 0 Å². The largest absolute Gasteiger partial charge is 0.369 e. The molecule has 2 unspecified atom stereocenters. The van der Waals surface area contributed by atoms with E-state index in [9.17, 15) is 0 Å². The van der Waals surface area contributed by atoms with Crippen molar-refractivity contribution in [1.29, 1.82) is 0 Å². The highest BCUT2D eigenvalue weighted by Crippen LogP contribution is 2.31. The van der Waals surface area contributed by atoms with Crippen LogP contribution in [0.25, 0.3) is 0 Å². The van der Waals surface area contributed by atoms with Crippen molar-refractivity contribution >= 4 is 21.6 Å². The standard InChI is InChI=1S/C16H26BrN3/c1-12(18-2)13-7-8-16(15(17)10-13)20(4)14-6-5-9-19(3)11-14/h7-8,10,12,14,18H,5-6,9,11H2,1-4H3. The molecule has 0 aromatic heterocycles. The van der Waals surface area contributed by atoms with Crippen molar-refractivity contribution in [3.8, 4) is 0 Å². The van der Waals surface area contributed by atoms with E-state index in [-0.39, 0.29) is 0 Å². The Labute approximate surface area is 131 Å². The molecule has 1 saturated heterocycles. The van der Waals surface area contributed by atoms with Gasteiger partial charge in [-0.1, -0.05) is 6.07 Å². The number of likely N-dealkylation sites (N-methyl/N-ethyl adjacent to an activating group) is 2. The fourth-order valence-electron chi connectivity index (χ4n) is 2.90. The maximum atomic E-state index is 3.74. The third-order valence-electron chi connectivity index (χ3n) is 4.43. The van der Waals surface area contributed by atoms with Crippen molar-refractivity contribution in [2.24, 2.45) is 0 Å². The second kappa shape index (κ2) is 6.92. The molecule has 3 nitrogen and oxygen atoms in total. The van der Waals surface area contributed by atoms with Gasteiger partial charge in [-0.05, 0) is 74.0 Å². The van der Waals surface area contributed by atoms with Gasteiger partial charge in [-0.25, -0.2) is 0 Å². The van der Waals surface area contributed by atoms with E-state index < -0.39 is 0 Å². The van der Waals surface area contributed by atoms with Crippen LogP contribution in [0, 0.1) is 0 Å². The quantitative estimate of drug-likeness (QED) is 0.908. The van der Waals surface area contributed by atoms with Gasteiger partial charge < -0.3 is 15.1 Å². The average Bonchev–Trinajstić information content (AvgIpc) is 2.45. The Morgan fingerprint density at radius 3 is 2.80 bits per heavy atom. The predicted molar refractivity (Wildman–Crippen MR) is 90.5 cm³/mol. The molecule has 0 bridgehead atoms. The monoisotopic (exact) mass is 339 g/mol. The SMILES string of the molecule is CNC(C)c1ccc(N(C)C2CCCN(C)C2)c(Br)c1. The summed E-state index contributed by atoms with van der Waals surface area (Å²) in [5, 5.41) is 3.29. The van der Waals surface area contributed by atoms with Gasteiger partial charge in [-0.2, -0.15) is 0 Å². The number of rotatable bonds is 4. The van der Waals surface area contributed by atoms with Crippen LogP contribution in [0.5, 0.6) is 0 Å². The fourth-order valence-corrected chi connectivity index (χ4v) is 3.57. The smallest absolute Gasteiger partial charge is 0.0511 e. The second-order valence-electron chi connectivity index (χ2n) is 5.89. The van der Waals surface area contributed by atoms with Crippen LogP contribution in [0.4, 0.5) is 5.69 Å².